The highest BCUT2D eigenvalue weighted by molar-refractivity contribution is 5.78. The Hall–Kier alpha value is -2.34. The normalized spacial score (nSPS) is 16.3. The predicted octanol–water partition coefficient (Wildman–Crippen LogP) is 3.52. The number of hydrogen-bond acceptors (Lipinski definition) is 4. The first kappa shape index (κ1) is 16.5. The highest BCUT2D eigenvalue weighted by Gasteiger charge is 2.26. The minimum atomic E-state index is -0.474. The summed E-state index contributed by atoms with van der Waals surface area (Å²) in [6.07, 6.45) is -0.486. The Labute approximate surface area is 139 Å². The summed E-state index contributed by atoms with van der Waals surface area (Å²) in [4.78, 5) is 0. The van der Waals surface area contributed by atoms with E-state index in [-0.39, 0.29) is 25.4 Å². The molecule has 24 heavy (non-hydrogen) atoms. The van der Waals surface area contributed by atoms with Crippen molar-refractivity contribution in [3.63, 3.8) is 0 Å². The zero-order chi connectivity index (χ0) is 17.3. The van der Waals surface area contributed by atoms with E-state index in [1.807, 2.05) is 13.8 Å². The lowest BCUT2D eigenvalue weighted by molar-refractivity contribution is 0.0971. The summed E-state index contributed by atoms with van der Waals surface area (Å²) in [6.45, 7) is 4.19. The van der Waals surface area contributed by atoms with Gasteiger partial charge in [0.25, 0.3) is 0 Å². The first-order valence-electron chi connectivity index (χ1n) is 7.77. The van der Waals surface area contributed by atoms with Crippen molar-refractivity contribution in [2.75, 3.05) is 13.2 Å². The van der Waals surface area contributed by atoms with Crippen LogP contribution < -0.4 is 19.9 Å². The SMILES string of the molecule is CC(C)Oc1cc(F)ccc1-c1cc(F)cc2c1O[C@@H](CN)CO2. The van der Waals surface area contributed by atoms with Gasteiger partial charge < -0.3 is 19.9 Å². The van der Waals surface area contributed by atoms with E-state index in [1.54, 1.807) is 0 Å². The highest BCUT2D eigenvalue weighted by atomic mass is 19.1. The van der Waals surface area contributed by atoms with Crippen LogP contribution in [0.3, 0.4) is 0 Å². The molecule has 2 N–H and O–H groups in total. The van der Waals surface area contributed by atoms with Gasteiger partial charge in [0.15, 0.2) is 11.5 Å². The number of hydrogen-bond donors (Lipinski definition) is 1. The van der Waals surface area contributed by atoms with Crippen LogP contribution in [0.15, 0.2) is 30.3 Å². The molecule has 0 bridgehead atoms. The van der Waals surface area contributed by atoms with Crippen LogP contribution in [0.5, 0.6) is 17.2 Å². The lowest BCUT2D eigenvalue weighted by atomic mass is 10.0. The summed E-state index contributed by atoms with van der Waals surface area (Å²) >= 11 is 0. The van der Waals surface area contributed by atoms with Gasteiger partial charge >= 0.3 is 0 Å². The molecular formula is C18H19F2NO3. The Bertz CT molecular complexity index is 749. The van der Waals surface area contributed by atoms with E-state index >= 15 is 0 Å². The van der Waals surface area contributed by atoms with E-state index in [1.165, 1.54) is 30.3 Å². The molecule has 0 radical (unpaired) electrons. The third-order valence-corrected chi connectivity index (χ3v) is 3.59. The Morgan fingerprint density at radius 1 is 1.17 bits per heavy atom. The second-order valence-corrected chi connectivity index (χ2v) is 5.87. The molecule has 0 aromatic heterocycles. The van der Waals surface area contributed by atoms with Gasteiger partial charge in [0.05, 0.1) is 6.10 Å². The zero-order valence-corrected chi connectivity index (χ0v) is 13.5. The van der Waals surface area contributed by atoms with Gasteiger partial charge in [-0.05, 0) is 32.0 Å². The molecule has 0 unspecified atom stereocenters. The summed E-state index contributed by atoms with van der Waals surface area (Å²) in [5.74, 6) is 0.0964. The van der Waals surface area contributed by atoms with E-state index < -0.39 is 11.6 Å². The van der Waals surface area contributed by atoms with Gasteiger partial charge in [-0.25, -0.2) is 8.78 Å². The molecule has 0 saturated heterocycles. The van der Waals surface area contributed by atoms with Gasteiger partial charge in [0.2, 0.25) is 0 Å². The molecule has 1 aliphatic heterocycles. The maximum atomic E-state index is 14.0. The molecule has 2 aromatic rings. The molecule has 0 fully saturated rings. The fourth-order valence-electron chi connectivity index (χ4n) is 2.57. The third-order valence-electron chi connectivity index (χ3n) is 3.59. The summed E-state index contributed by atoms with van der Waals surface area (Å²) < 4.78 is 44.7. The Balaban J connectivity index is 2.14. The number of fused-ring (bicyclic) bond motifs is 1. The van der Waals surface area contributed by atoms with Gasteiger partial charge in [0, 0.05) is 29.8 Å². The van der Waals surface area contributed by atoms with Gasteiger partial charge in [-0.1, -0.05) is 0 Å². The van der Waals surface area contributed by atoms with Crippen LogP contribution in [-0.4, -0.2) is 25.4 Å². The lowest BCUT2D eigenvalue weighted by Gasteiger charge is -2.28. The second kappa shape index (κ2) is 6.65. The molecule has 6 heteroatoms. The summed E-state index contributed by atoms with van der Waals surface area (Å²) in [7, 11) is 0. The van der Waals surface area contributed by atoms with Crippen molar-refractivity contribution in [1.82, 2.24) is 0 Å². The quantitative estimate of drug-likeness (QED) is 0.929. The van der Waals surface area contributed by atoms with Gasteiger partial charge in [-0.2, -0.15) is 0 Å². The Morgan fingerprint density at radius 2 is 1.96 bits per heavy atom. The summed E-state index contributed by atoms with van der Waals surface area (Å²) in [6, 6.07) is 6.69. The van der Waals surface area contributed by atoms with E-state index in [2.05, 4.69) is 0 Å². The summed E-state index contributed by atoms with van der Waals surface area (Å²) in [5, 5.41) is 0. The molecule has 4 nitrogen and oxygen atoms in total. The van der Waals surface area contributed by atoms with Gasteiger partial charge in [-0.15, -0.1) is 0 Å². The molecule has 1 aliphatic rings. The maximum Gasteiger partial charge on any atom is 0.170 e. The fraction of sp³-hybridized carbons (Fsp3) is 0.333. The fourth-order valence-corrected chi connectivity index (χ4v) is 2.57. The van der Waals surface area contributed by atoms with Crippen molar-refractivity contribution in [2.24, 2.45) is 5.73 Å². The molecule has 1 atom stereocenters. The predicted molar refractivity (Wildman–Crippen MR) is 86.5 cm³/mol. The average Bonchev–Trinajstić information content (AvgIpc) is 2.53. The summed E-state index contributed by atoms with van der Waals surface area (Å²) in [5.41, 5.74) is 6.61. The molecule has 0 spiro atoms. The minimum absolute atomic E-state index is 0.163. The van der Waals surface area contributed by atoms with Crippen LogP contribution in [0.1, 0.15) is 13.8 Å². The molecule has 128 valence electrons. The second-order valence-electron chi connectivity index (χ2n) is 5.87. The van der Waals surface area contributed by atoms with Crippen LogP contribution in [0.4, 0.5) is 8.78 Å². The largest absolute Gasteiger partial charge is 0.490 e. The Kier molecular flexibility index (Phi) is 4.57. The van der Waals surface area contributed by atoms with Crippen molar-refractivity contribution in [2.45, 2.75) is 26.1 Å². The first-order valence-corrected chi connectivity index (χ1v) is 7.77. The molecule has 1 heterocycles. The average molecular weight is 335 g/mol. The molecule has 0 aliphatic carbocycles. The van der Waals surface area contributed by atoms with Crippen LogP contribution in [-0.2, 0) is 0 Å². The number of halogens is 2. The van der Waals surface area contributed by atoms with E-state index in [0.29, 0.717) is 28.4 Å². The lowest BCUT2D eigenvalue weighted by Crippen LogP contribution is -2.36. The van der Waals surface area contributed by atoms with E-state index in [4.69, 9.17) is 19.9 Å². The molecule has 0 saturated carbocycles. The Morgan fingerprint density at radius 3 is 2.67 bits per heavy atom. The smallest absolute Gasteiger partial charge is 0.170 e. The first-order chi connectivity index (χ1) is 11.5. The highest BCUT2D eigenvalue weighted by Crippen LogP contribution is 2.45. The number of rotatable bonds is 4. The molecule has 2 aromatic carbocycles. The van der Waals surface area contributed by atoms with Crippen molar-refractivity contribution in [3.05, 3.63) is 42.0 Å². The van der Waals surface area contributed by atoms with Gasteiger partial charge in [0.1, 0.15) is 30.1 Å². The zero-order valence-electron chi connectivity index (χ0n) is 13.5. The standard InChI is InChI=1S/C18H19F2NO3/c1-10(2)23-16-6-11(19)3-4-14(16)15-5-12(20)7-17-18(15)24-13(8-21)9-22-17/h3-7,10,13H,8-9,21H2,1-2H3/t13-/m0/s1. The van der Waals surface area contributed by atoms with Crippen LogP contribution in [0.25, 0.3) is 11.1 Å². The van der Waals surface area contributed by atoms with Crippen molar-refractivity contribution in [3.8, 4) is 28.4 Å². The molecule has 3 rings (SSSR count). The van der Waals surface area contributed by atoms with Crippen molar-refractivity contribution in [1.29, 1.82) is 0 Å². The minimum Gasteiger partial charge on any atom is -0.490 e. The topological polar surface area (TPSA) is 53.7 Å². The van der Waals surface area contributed by atoms with Crippen molar-refractivity contribution < 1.29 is 23.0 Å². The van der Waals surface area contributed by atoms with E-state index in [9.17, 15) is 8.78 Å². The van der Waals surface area contributed by atoms with Crippen LogP contribution in [0.2, 0.25) is 0 Å². The third kappa shape index (κ3) is 3.28. The number of benzene rings is 2. The van der Waals surface area contributed by atoms with Crippen LogP contribution in [0, 0.1) is 11.6 Å². The number of nitrogens with two attached hydrogens (primary N) is 1. The molecular weight excluding hydrogens is 316 g/mol. The van der Waals surface area contributed by atoms with E-state index in [0.717, 1.165) is 0 Å². The number of ether oxygens (including phenoxy) is 3. The maximum absolute atomic E-state index is 14.0. The van der Waals surface area contributed by atoms with Gasteiger partial charge in [-0.3, -0.25) is 0 Å². The molecule has 0 amide bonds. The van der Waals surface area contributed by atoms with Crippen molar-refractivity contribution >= 4 is 0 Å². The van der Waals surface area contributed by atoms with Crippen LogP contribution >= 0.6 is 0 Å². The monoisotopic (exact) mass is 335 g/mol.